The summed E-state index contributed by atoms with van der Waals surface area (Å²) < 4.78 is 0. The van der Waals surface area contributed by atoms with E-state index >= 15 is 0 Å². The highest BCUT2D eigenvalue weighted by Gasteiger charge is 2.37. The minimum absolute atomic E-state index is 0.0997. The van der Waals surface area contributed by atoms with Crippen LogP contribution in [0.25, 0.3) is 0 Å². The van der Waals surface area contributed by atoms with E-state index in [1.165, 1.54) is 19.1 Å². The fraction of sp³-hybridized carbons (Fsp3) is 0.485. The van der Waals surface area contributed by atoms with Crippen molar-refractivity contribution < 1.29 is 29.1 Å². The molecule has 2 aromatic carbocycles. The number of unbranched alkanes of at least 4 members (excludes halogenated alkanes) is 2. The number of carbonyl (C=O) groups excluding carboxylic acids is 5. The Labute approximate surface area is 264 Å². The van der Waals surface area contributed by atoms with Gasteiger partial charge in [-0.15, -0.1) is 0 Å². The number of nitrogens with one attached hydrogen (secondary N) is 4. The van der Waals surface area contributed by atoms with Crippen LogP contribution in [0.3, 0.4) is 0 Å². The van der Waals surface area contributed by atoms with Crippen LogP contribution in [0.4, 0.5) is 0 Å². The van der Waals surface area contributed by atoms with Gasteiger partial charge in [0, 0.05) is 19.5 Å². The molecule has 0 saturated carbocycles. The zero-order valence-electron chi connectivity index (χ0n) is 26.1. The number of benzene rings is 2. The second-order valence-electron chi connectivity index (χ2n) is 11.4. The van der Waals surface area contributed by atoms with Crippen molar-refractivity contribution in [3.63, 3.8) is 0 Å². The van der Waals surface area contributed by atoms with Gasteiger partial charge in [-0.25, -0.2) is 0 Å². The Bertz CT molecular complexity index is 1290. The number of hydrogen-bond acceptors (Lipinski definition) is 7. The number of rotatable bonds is 16. The molecule has 45 heavy (non-hydrogen) atoms. The lowest BCUT2D eigenvalue weighted by molar-refractivity contribution is -0.141. The van der Waals surface area contributed by atoms with E-state index in [1.54, 1.807) is 17.0 Å². The standard InChI is InChI=1S/C33H46N6O6/c1-3-4-8-17-35-32(44)28-12-9-18-39(28)33(45)27(20-23-10-6-5-7-11-23)38-29(41)21-36-30(42)22(2)37-31(43)26(34)19-24-13-15-25(40)16-14-24/h5-7,10-11,13-16,22,26-28,40H,3-4,8-9,12,17-21,34H2,1-2H3,(H,35,44)(H,36,42)(H,37,43)(H,38,41)/t22-,26+,27+,28+/m1/s1. The van der Waals surface area contributed by atoms with Gasteiger partial charge >= 0.3 is 0 Å². The fourth-order valence-electron chi connectivity index (χ4n) is 5.19. The minimum atomic E-state index is -0.973. The molecule has 7 N–H and O–H groups in total. The van der Waals surface area contributed by atoms with E-state index in [1.807, 2.05) is 30.3 Å². The van der Waals surface area contributed by atoms with E-state index in [0.717, 1.165) is 30.4 Å². The maximum Gasteiger partial charge on any atom is 0.246 e. The minimum Gasteiger partial charge on any atom is -0.508 e. The number of likely N-dealkylation sites (tertiary alicyclic amines) is 1. The molecule has 4 atom stereocenters. The van der Waals surface area contributed by atoms with Crippen LogP contribution in [-0.4, -0.2) is 83.3 Å². The highest BCUT2D eigenvalue weighted by molar-refractivity contribution is 5.95. The first kappa shape index (κ1) is 35.0. The molecular weight excluding hydrogens is 576 g/mol. The Balaban J connectivity index is 1.56. The van der Waals surface area contributed by atoms with Gasteiger partial charge in [-0.2, -0.15) is 0 Å². The average Bonchev–Trinajstić information content (AvgIpc) is 3.53. The summed E-state index contributed by atoms with van der Waals surface area (Å²) in [6.07, 6.45) is 4.57. The number of carbonyl (C=O) groups is 5. The molecule has 0 bridgehead atoms. The maximum absolute atomic E-state index is 13.7. The first-order valence-corrected chi connectivity index (χ1v) is 15.6. The van der Waals surface area contributed by atoms with Crippen LogP contribution in [0.15, 0.2) is 54.6 Å². The second-order valence-corrected chi connectivity index (χ2v) is 11.4. The molecule has 5 amide bonds. The van der Waals surface area contributed by atoms with Crippen LogP contribution < -0.4 is 27.0 Å². The second kappa shape index (κ2) is 17.7. The predicted octanol–water partition coefficient (Wildman–Crippen LogP) is 0.908. The summed E-state index contributed by atoms with van der Waals surface area (Å²) >= 11 is 0. The summed E-state index contributed by atoms with van der Waals surface area (Å²) in [5, 5.41) is 20.1. The van der Waals surface area contributed by atoms with E-state index < -0.39 is 48.4 Å². The zero-order chi connectivity index (χ0) is 32.8. The van der Waals surface area contributed by atoms with Crippen LogP contribution in [0.5, 0.6) is 5.75 Å². The van der Waals surface area contributed by atoms with Crippen LogP contribution in [0.2, 0.25) is 0 Å². The molecule has 244 valence electrons. The van der Waals surface area contributed by atoms with Crippen molar-refractivity contribution in [3.8, 4) is 5.75 Å². The average molecular weight is 623 g/mol. The molecule has 12 nitrogen and oxygen atoms in total. The first-order chi connectivity index (χ1) is 21.6. The molecule has 1 heterocycles. The molecule has 2 aromatic rings. The predicted molar refractivity (Wildman–Crippen MR) is 170 cm³/mol. The van der Waals surface area contributed by atoms with Crippen LogP contribution in [0.1, 0.15) is 57.1 Å². The largest absolute Gasteiger partial charge is 0.508 e. The lowest BCUT2D eigenvalue weighted by atomic mass is 10.0. The van der Waals surface area contributed by atoms with E-state index in [0.29, 0.717) is 25.9 Å². The van der Waals surface area contributed by atoms with Crippen molar-refractivity contribution in [2.45, 2.75) is 83.0 Å². The third-order valence-electron chi connectivity index (χ3n) is 7.74. The van der Waals surface area contributed by atoms with Gasteiger partial charge in [-0.1, -0.05) is 62.2 Å². The summed E-state index contributed by atoms with van der Waals surface area (Å²) in [6, 6.07) is 12.1. The Kier molecular flexibility index (Phi) is 13.8. The van der Waals surface area contributed by atoms with Crippen molar-refractivity contribution in [3.05, 3.63) is 65.7 Å². The van der Waals surface area contributed by atoms with Gasteiger partial charge in [-0.05, 0) is 55.9 Å². The lowest BCUT2D eigenvalue weighted by Crippen LogP contribution is -2.56. The Morgan fingerprint density at radius 1 is 0.911 bits per heavy atom. The van der Waals surface area contributed by atoms with E-state index in [-0.39, 0.29) is 30.4 Å². The van der Waals surface area contributed by atoms with Crippen LogP contribution in [-0.2, 0) is 36.8 Å². The Morgan fingerprint density at radius 2 is 1.60 bits per heavy atom. The molecule has 3 rings (SSSR count). The molecule has 1 fully saturated rings. The molecule has 0 aliphatic carbocycles. The van der Waals surface area contributed by atoms with Gasteiger partial charge in [0.15, 0.2) is 0 Å². The smallest absolute Gasteiger partial charge is 0.246 e. The number of nitrogens with two attached hydrogens (primary N) is 1. The summed E-state index contributed by atoms with van der Waals surface area (Å²) in [4.78, 5) is 66.3. The van der Waals surface area contributed by atoms with Gasteiger partial charge in [0.2, 0.25) is 29.5 Å². The monoisotopic (exact) mass is 622 g/mol. The van der Waals surface area contributed by atoms with Gasteiger partial charge in [0.1, 0.15) is 23.9 Å². The normalized spacial score (nSPS) is 16.2. The van der Waals surface area contributed by atoms with Crippen molar-refractivity contribution in [2.24, 2.45) is 5.73 Å². The highest BCUT2D eigenvalue weighted by Crippen LogP contribution is 2.20. The van der Waals surface area contributed by atoms with Crippen molar-refractivity contribution in [2.75, 3.05) is 19.6 Å². The molecule has 1 saturated heterocycles. The first-order valence-electron chi connectivity index (χ1n) is 15.6. The molecular formula is C33H46N6O6. The zero-order valence-corrected chi connectivity index (χ0v) is 26.1. The van der Waals surface area contributed by atoms with Crippen molar-refractivity contribution >= 4 is 29.5 Å². The SMILES string of the molecule is CCCCCNC(=O)[C@@H]1CCCN1C(=O)[C@H](Cc1ccccc1)NC(=O)CNC(=O)[C@@H](C)NC(=O)[C@@H](N)Cc1ccc(O)cc1. The highest BCUT2D eigenvalue weighted by atomic mass is 16.3. The fourth-order valence-corrected chi connectivity index (χ4v) is 5.19. The molecule has 0 radical (unpaired) electrons. The van der Waals surface area contributed by atoms with Crippen LogP contribution >= 0.6 is 0 Å². The van der Waals surface area contributed by atoms with Crippen molar-refractivity contribution in [1.29, 1.82) is 0 Å². The molecule has 0 spiro atoms. The Morgan fingerprint density at radius 3 is 2.29 bits per heavy atom. The third-order valence-corrected chi connectivity index (χ3v) is 7.74. The quantitative estimate of drug-likeness (QED) is 0.150. The van der Waals surface area contributed by atoms with E-state index in [4.69, 9.17) is 5.73 Å². The number of phenolic OH excluding ortho intramolecular Hbond substituents is 1. The maximum atomic E-state index is 13.7. The topological polar surface area (TPSA) is 183 Å². The van der Waals surface area contributed by atoms with Gasteiger partial charge in [-0.3, -0.25) is 24.0 Å². The third kappa shape index (κ3) is 11.2. The van der Waals surface area contributed by atoms with E-state index in [2.05, 4.69) is 28.2 Å². The summed E-state index contributed by atoms with van der Waals surface area (Å²) in [5.41, 5.74) is 7.57. The molecule has 1 aliphatic heterocycles. The molecule has 0 unspecified atom stereocenters. The summed E-state index contributed by atoms with van der Waals surface area (Å²) in [6.45, 7) is 4.11. The number of amides is 5. The summed E-state index contributed by atoms with van der Waals surface area (Å²) in [7, 11) is 0. The number of nitrogens with zero attached hydrogens (tertiary/aromatic N) is 1. The molecule has 12 heteroatoms. The number of phenols is 1. The van der Waals surface area contributed by atoms with Crippen LogP contribution in [0, 0.1) is 0 Å². The number of aromatic hydroxyl groups is 1. The van der Waals surface area contributed by atoms with E-state index in [9.17, 15) is 29.1 Å². The van der Waals surface area contributed by atoms with Crippen molar-refractivity contribution in [1.82, 2.24) is 26.2 Å². The van der Waals surface area contributed by atoms with Gasteiger partial charge in [0.25, 0.3) is 0 Å². The summed E-state index contributed by atoms with van der Waals surface area (Å²) in [5.74, 6) is -2.16. The Hall–Kier alpha value is -4.45. The lowest BCUT2D eigenvalue weighted by Gasteiger charge is -2.29. The van der Waals surface area contributed by atoms with Gasteiger partial charge in [0.05, 0.1) is 12.6 Å². The molecule has 0 aromatic heterocycles. The number of hydrogen-bond donors (Lipinski definition) is 6. The van der Waals surface area contributed by atoms with Gasteiger partial charge < -0.3 is 37.0 Å². The molecule has 1 aliphatic rings.